The number of amides is 2. The number of aryl methyl sites for hydroxylation is 1. The highest BCUT2D eigenvalue weighted by Crippen LogP contribution is 2.37. The van der Waals surface area contributed by atoms with Crippen molar-refractivity contribution in [2.24, 2.45) is 0 Å². The summed E-state index contributed by atoms with van der Waals surface area (Å²) in [4.78, 5) is 31.1. The number of carbonyl (C=O) groups is 2. The van der Waals surface area contributed by atoms with E-state index in [2.05, 4.69) is 10.3 Å². The van der Waals surface area contributed by atoms with Crippen LogP contribution in [0.5, 0.6) is 5.75 Å². The highest BCUT2D eigenvalue weighted by atomic mass is 16.5. The van der Waals surface area contributed by atoms with E-state index >= 15 is 0 Å². The second-order valence-corrected chi connectivity index (χ2v) is 8.88. The second kappa shape index (κ2) is 10.1. The first kappa shape index (κ1) is 23.4. The van der Waals surface area contributed by atoms with Gasteiger partial charge in [-0.3, -0.25) is 9.59 Å². The number of hydrogen-bond donors (Lipinski definition) is 1. The second-order valence-electron chi connectivity index (χ2n) is 8.88. The molecule has 7 nitrogen and oxygen atoms in total. The third-order valence-corrected chi connectivity index (χ3v) is 6.29. The number of oxazole rings is 1. The summed E-state index contributed by atoms with van der Waals surface area (Å²) >= 11 is 0. The molecular weight excluding hydrogens is 454 g/mol. The van der Waals surface area contributed by atoms with E-state index in [1.54, 1.807) is 6.92 Å². The largest absolute Gasteiger partial charge is 0.484 e. The number of benzene rings is 3. The molecule has 0 saturated heterocycles. The zero-order chi connectivity index (χ0) is 25.1. The lowest BCUT2D eigenvalue weighted by Crippen LogP contribution is -2.39. The topological polar surface area (TPSA) is 84.7 Å². The lowest BCUT2D eigenvalue weighted by atomic mass is 9.88. The van der Waals surface area contributed by atoms with E-state index in [1.807, 2.05) is 84.6 Å². The molecule has 1 N–H and O–H groups in total. The molecule has 1 atom stereocenters. The van der Waals surface area contributed by atoms with Gasteiger partial charge in [0.15, 0.2) is 12.3 Å². The molecule has 0 bridgehead atoms. The van der Waals surface area contributed by atoms with Crippen molar-refractivity contribution in [3.05, 3.63) is 113 Å². The molecule has 7 heteroatoms. The van der Waals surface area contributed by atoms with Gasteiger partial charge >= 0.3 is 0 Å². The van der Waals surface area contributed by atoms with Crippen LogP contribution in [0.2, 0.25) is 0 Å². The van der Waals surface area contributed by atoms with Crippen LogP contribution in [0.4, 0.5) is 5.69 Å². The molecule has 182 valence electrons. The van der Waals surface area contributed by atoms with Crippen molar-refractivity contribution in [3.8, 4) is 5.75 Å². The first-order chi connectivity index (χ1) is 17.5. The van der Waals surface area contributed by atoms with E-state index in [-0.39, 0.29) is 30.2 Å². The number of carbonyl (C=O) groups excluding carboxylic acids is 2. The summed E-state index contributed by atoms with van der Waals surface area (Å²) in [6.07, 6.45) is 2.12. The summed E-state index contributed by atoms with van der Waals surface area (Å²) in [7, 11) is 0. The molecule has 0 aliphatic carbocycles. The molecule has 0 saturated carbocycles. The average molecular weight is 482 g/mol. The summed E-state index contributed by atoms with van der Waals surface area (Å²) in [6, 6.07) is 23.3. The van der Waals surface area contributed by atoms with E-state index in [4.69, 9.17) is 9.15 Å². The number of ether oxygens (including phenoxy) is 1. The van der Waals surface area contributed by atoms with Gasteiger partial charge in [0.25, 0.3) is 5.91 Å². The monoisotopic (exact) mass is 481 g/mol. The lowest BCUT2D eigenvalue weighted by molar-refractivity contribution is -0.130. The van der Waals surface area contributed by atoms with Gasteiger partial charge in [0.1, 0.15) is 12.0 Å². The molecule has 1 aliphatic rings. The molecular formula is C29H27N3O4. The number of aromatic nitrogens is 1. The molecule has 2 heterocycles. The van der Waals surface area contributed by atoms with Crippen LogP contribution in [0.1, 0.15) is 51.6 Å². The predicted molar refractivity (Wildman–Crippen MR) is 136 cm³/mol. The first-order valence-electron chi connectivity index (χ1n) is 11.9. The van der Waals surface area contributed by atoms with Gasteiger partial charge in [-0.15, -0.1) is 0 Å². The van der Waals surface area contributed by atoms with E-state index in [0.29, 0.717) is 23.9 Å². The van der Waals surface area contributed by atoms with Crippen molar-refractivity contribution >= 4 is 17.5 Å². The standard InChI is InChI=1S/C29H27N3O4/c1-19-7-6-10-23(15-19)30-29(34)26-17-36-27(31-26)18-35-24-12-11-21-13-14-32(20(2)33)28(25(21)16-24)22-8-4-3-5-9-22/h3-12,15-17,28H,13-14,18H2,1-2H3,(H,30,34). The number of anilines is 1. The Bertz CT molecular complexity index is 1400. The smallest absolute Gasteiger partial charge is 0.277 e. The Morgan fingerprint density at radius 2 is 1.92 bits per heavy atom. The fourth-order valence-electron chi connectivity index (χ4n) is 4.56. The molecule has 1 unspecified atom stereocenters. The maximum atomic E-state index is 12.5. The van der Waals surface area contributed by atoms with Crippen molar-refractivity contribution in [2.45, 2.75) is 32.9 Å². The maximum Gasteiger partial charge on any atom is 0.277 e. The molecule has 5 rings (SSSR count). The van der Waals surface area contributed by atoms with Gasteiger partial charge in [0.2, 0.25) is 11.8 Å². The van der Waals surface area contributed by atoms with Gasteiger partial charge in [-0.2, -0.15) is 0 Å². The van der Waals surface area contributed by atoms with Crippen molar-refractivity contribution in [2.75, 3.05) is 11.9 Å². The van der Waals surface area contributed by atoms with Gasteiger partial charge in [0.05, 0.1) is 6.04 Å². The van der Waals surface area contributed by atoms with Crippen LogP contribution in [0, 0.1) is 6.92 Å². The fraction of sp³-hybridized carbons (Fsp3) is 0.207. The first-order valence-corrected chi connectivity index (χ1v) is 11.9. The lowest BCUT2D eigenvalue weighted by Gasteiger charge is -2.37. The van der Waals surface area contributed by atoms with E-state index in [9.17, 15) is 9.59 Å². The predicted octanol–water partition coefficient (Wildman–Crippen LogP) is 5.31. The number of nitrogens with zero attached hydrogens (tertiary/aromatic N) is 2. The number of nitrogens with one attached hydrogen (secondary N) is 1. The third kappa shape index (κ3) is 5.00. The van der Waals surface area contributed by atoms with Crippen LogP contribution >= 0.6 is 0 Å². The Morgan fingerprint density at radius 1 is 1.08 bits per heavy atom. The van der Waals surface area contributed by atoms with Gasteiger partial charge in [0, 0.05) is 19.2 Å². The Labute approximate surface area is 209 Å². The molecule has 0 fully saturated rings. The minimum absolute atomic E-state index is 0.0390. The number of hydrogen-bond acceptors (Lipinski definition) is 5. The number of rotatable bonds is 6. The number of fused-ring (bicyclic) bond motifs is 1. The summed E-state index contributed by atoms with van der Waals surface area (Å²) in [5.41, 5.74) is 5.23. The zero-order valence-electron chi connectivity index (χ0n) is 20.2. The normalized spacial score (nSPS) is 14.7. The van der Waals surface area contributed by atoms with Gasteiger partial charge < -0.3 is 19.4 Å². The van der Waals surface area contributed by atoms with Crippen LogP contribution in [0.3, 0.4) is 0 Å². The van der Waals surface area contributed by atoms with Gasteiger partial charge in [-0.1, -0.05) is 48.5 Å². The summed E-state index contributed by atoms with van der Waals surface area (Å²) < 4.78 is 11.4. The van der Waals surface area contributed by atoms with Gasteiger partial charge in [-0.25, -0.2) is 4.98 Å². The Balaban J connectivity index is 1.31. The minimum atomic E-state index is -0.348. The van der Waals surface area contributed by atoms with Crippen molar-refractivity contribution in [3.63, 3.8) is 0 Å². The highest BCUT2D eigenvalue weighted by molar-refractivity contribution is 6.02. The summed E-state index contributed by atoms with van der Waals surface area (Å²) in [5.74, 6) is 0.632. The molecule has 1 aromatic heterocycles. The molecule has 36 heavy (non-hydrogen) atoms. The quantitative estimate of drug-likeness (QED) is 0.404. The van der Waals surface area contributed by atoms with Crippen LogP contribution < -0.4 is 10.1 Å². The molecule has 1 aliphatic heterocycles. The van der Waals surface area contributed by atoms with E-state index < -0.39 is 0 Å². The van der Waals surface area contributed by atoms with Crippen molar-refractivity contribution in [1.82, 2.24) is 9.88 Å². The maximum absolute atomic E-state index is 12.5. The van der Waals surface area contributed by atoms with Crippen LogP contribution in [-0.4, -0.2) is 28.2 Å². The third-order valence-electron chi connectivity index (χ3n) is 6.29. The molecule has 4 aromatic rings. The fourth-order valence-corrected chi connectivity index (χ4v) is 4.56. The van der Waals surface area contributed by atoms with Crippen molar-refractivity contribution in [1.29, 1.82) is 0 Å². The van der Waals surface area contributed by atoms with Crippen LogP contribution in [-0.2, 0) is 17.8 Å². The Kier molecular flexibility index (Phi) is 6.54. The molecule has 0 spiro atoms. The van der Waals surface area contributed by atoms with E-state index in [1.165, 1.54) is 11.8 Å². The molecule has 0 radical (unpaired) electrons. The minimum Gasteiger partial charge on any atom is -0.484 e. The SMILES string of the molecule is CC(=O)N1CCc2ccc(OCc3nc(C(=O)Nc4cccc(C)c4)co3)cc2C1c1ccccc1. The molecule has 2 amide bonds. The summed E-state index contributed by atoms with van der Waals surface area (Å²) in [5, 5.41) is 2.82. The zero-order valence-corrected chi connectivity index (χ0v) is 20.2. The highest BCUT2D eigenvalue weighted by Gasteiger charge is 2.30. The van der Waals surface area contributed by atoms with Crippen molar-refractivity contribution < 1.29 is 18.7 Å². The summed E-state index contributed by atoms with van der Waals surface area (Å²) in [6.45, 7) is 4.31. The van der Waals surface area contributed by atoms with Crippen LogP contribution in [0.25, 0.3) is 0 Å². The Hall–Kier alpha value is -4.39. The Morgan fingerprint density at radius 3 is 2.69 bits per heavy atom. The van der Waals surface area contributed by atoms with Gasteiger partial charge in [-0.05, 0) is 59.9 Å². The molecule has 3 aromatic carbocycles. The van der Waals surface area contributed by atoms with Crippen LogP contribution in [0.15, 0.2) is 83.5 Å². The average Bonchev–Trinajstić information content (AvgIpc) is 3.36. The van der Waals surface area contributed by atoms with E-state index in [0.717, 1.165) is 23.1 Å².